The molecule has 1 aromatic heterocycles. The molecule has 2 heterocycles. The van der Waals surface area contributed by atoms with E-state index in [-0.39, 0.29) is 16.7 Å². The number of thiophene rings is 1. The number of aromatic carboxylic acids is 1. The number of carboxylic acid groups (broad SMARTS) is 1. The van der Waals surface area contributed by atoms with Crippen molar-refractivity contribution in [3.05, 3.63) is 69.4 Å². The number of hydrogen-bond donors (Lipinski definition) is 2. The van der Waals surface area contributed by atoms with E-state index in [2.05, 4.69) is 24.4 Å². The minimum absolute atomic E-state index is 0.105. The van der Waals surface area contributed by atoms with Crippen molar-refractivity contribution >= 4 is 28.9 Å². The topological polar surface area (TPSA) is 75.6 Å². The second-order valence-corrected chi connectivity index (χ2v) is 8.03. The number of nitrogens with one attached hydrogen (secondary N) is 1. The Morgan fingerprint density at radius 1 is 1.17 bits per heavy atom. The molecule has 0 bridgehead atoms. The quantitative estimate of drug-likeness (QED) is 0.613. The molecule has 0 fully saturated rings. The van der Waals surface area contributed by atoms with E-state index in [1.54, 1.807) is 19.2 Å². The smallest absolute Gasteiger partial charge is 0.346 e. The van der Waals surface area contributed by atoms with Gasteiger partial charge in [-0.05, 0) is 35.2 Å². The molecule has 3 aromatic rings. The second kappa shape index (κ2) is 7.72. The molecule has 0 saturated heterocycles. The van der Waals surface area contributed by atoms with Crippen molar-refractivity contribution in [3.8, 4) is 16.9 Å². The molecule has 1 aliphatic heterocycles. The van der Waals surface area contributed by atoms with Crippen molar-refractivity contribution in [2.24, 2.45) is 0 Å². The molecule has 1 atom stereocenters. The van der Waals surface area contributed by atoms with E-state index in [1.165, 1.54) is 16.9 Å². The molecule has 0 unspecified atom stereocenters. The first-order chi connectivity index (χ1) is 14.0. The third kappa shape index (κ3) is 3.51. The standard InChI is InChI=1S/C23H21NO4S/c1-3-13-4-6-14(7-5-13)17-12-18(25)24-20-19(22(23(26)27)29-21(17)20)15-8-10-16(28-2)11-9-15/h4-11,17H,3,12H2,1-2H3,(H,24,25)(H,26,27)/t17-/m0/s1. The summed E-state index contributed by atoms with van der Waals surface area (Å²) in [5.41, 5.74) is 4.16. The van der Waals surface area contributed by atoms with Crippen molar-refractivity contribution in [1.29, 1.82) is 0 Å². The highest BCUT2D eigenvalue weighted by atomic mass is 32.1. The van der Waals surface area contributed by atoms with Gasteiger partial charge in [-0.15, -0.1) is 11.3 Å². The highest BCUT2D eigenvalue weighted by Crippen LogP contribution is 2.49. The summed E-state index contributed by atoms with van der Waals surface area (Å²) >= 11 is 1.24. The molecule has 1 aliphatic rings. The van der Waals surface area contributed by atoms with Crippen LogP contribution < -0.4 is 10.1 Å². The lowest BCUT2D eigenvalue weighted by molar-refractivity contribution is -0.116. The second-order valence-electron chi connectivity index (χ2n) is 6.98. The summed E-state index contributed by atoms with van der Waals surface area (Å²) in [4.78, 5) is 25.7. The average Bonchev–Trinajstić information content (AvgIpc) is 3.13. The van der Waals surface area contributed by atoms with E-state index in [0.29, 0.717) is 23.4 Å². The lowest BCUT2D eigenvalue weighted by atomic mass is 9.88. The summed E-state index contributed by atoms with van der Waals surface area (Å²) in [6.45, 7) is 2.10. The summed E-state index contributed by atoms with van der Waals surface area (Å²) < 4.78 is 5.20. The first kappa shape index (κ1) is 19.2. The largest absolute Gasteiger partial charge is 0.497 e. The van der Waals surface area contributed by atoms with Gasteiger partial charge < -0.3 is 15.2 Å². The summed E-state index contributed by atoms with van der Waals surface area (Å²) in [6.07, 6.45) is 1.25. The average molecular weight is 407 g/mol. The Bertz CT molecular complexity index is 1070. The number of carboxylic acids is 1. The maximum absolute atomic E-state index is 12.5. The molecule has 1 amide bonds. The lowest BCUT2D eigenvalue weighted by Crippen LogP contribution is -2.22. The van der Waals surface area contributed by atoms with Crippen molar-refractivity contribution in [2.75, 3.05) is 12.4 Å². The molecule has 148 valence electrons. The van der Waals surface area contributed by atoms with Crippen LogP contribution in [0, 0.1) is 0 Å². The van der Waals surface area contributed by atoms with Gasteiger partial charge in [0.05, 0.1) is 12.8 Å². The minimum Gasteiger partial charge on any atom is -0.497 e. The van der Waals surface area contributed by atoms with Gasteiger partial charge in [-0.2, -0.15) is 0 Å². The van der Waals surface area contributed by atoms with Gasteiger partial charge in [-0.25, -0.2) is 4.79 Å². The highest BCUT2D eigenvalue weighted by molar-refractivity contribution is 7.15. The molecule has 0 spiro atoms. The minimum atomic E-state index is -0.996. The van der Waals surface area contributed by atoms with Crippen molar-refractivity contribution < 1.29 is 19.4 Å². The van der Waals surface area contributed by atoms with Crippen LogP contribution in [-0.2, 0) is 11.2 Å². The number of fused-ring (bicyclic) bond motifs is 1. The molecular formula is C23H21NO4S. The van der Waals surface area contributed by atoms with Crippen LogP contribution in [0.3, 0.4) is 0 Å². The zero-order valence-corrected chi connectivity index (χ0v) is 17.0. The zero-order valence-electron chi connectivity index (χ0n) is 16.2. The van der Waals surface area contributed by atoms with E-state index in [4.69, 9.17) is 4.74 Å². The molecule has 0 radical (unpaired) electrons. The fourth-order valence-electron chi connectivity index (χ4n) is 3.73. The van der Waals surface area contributed by atoms with Gasteiger partial charge in [0, 0.05) is 22.8 Å². The van der Waals surface area contributed by atoms with Crippen LogP contribution in [0.25, 0.3) is 11.1 Å². The van der Waals surface area contributed by atoms with Gasteiger partial charge in [-0.1, -0.05) is 43.3 Å². The van der Waals surface area contributed by atoms with Crippen LogP contribution in [0.1, 0.15) is 44.9 Å². The van der Waals surface area contributed by atoms with Gasteiger partial charge in [-0.3, -0.25) is 4.79 Å². The van der Waals surface area contributed by atoms with Crippen molar-refractivity contribution in [2.45, 2.75) is 25.7 Å². The summed E-state index contributed by atoms with van der Waals surface area (Å²) in [5, 5.41) is 12.8. The number of anilines is 1. The molecule has 2 N–H and O–H groups in total. The molecular weight excluding hydrogens is 386 g/mol. The van der Waals surface area contributed by atoms with Crippen LogP contribution in [-0.4, -0.2) is 24.1 Å². The van der Waals surface area contributed by atoms with E-state index >= 15 is 0 Å². The van der Waals surface area contributed by atoms with Gasteiger partial charge in [0.25, 0.3) is 0 Å². The fourth-order valence-corrected chi connectivity index (χ4v) is 4.97. The fraction of sp³-hybridized carbons (Fsp3) is 0.217. The van der Waals surface area contributed by atoms with Crippen molar-refractivity contribution in [1.82, 2.24) is 0 Å². The normalized spacial score (nSPS) is 15.5. The Morgan fingerprint density at radius 3 is 2.45 bits per heavy atom. The molecule has 4 rings (SSSR count). The summed E-state index contributed by atoms with van der Waals surface area (Å²) in [6, 6.07) is 15.4. The van der Waals surface area contributed by atoms with Crippen molar-refractivity contribution in [3.63, 3.8) is 0 Å². The molecule has 6 heteroatoms. The number of benzene rings is 2. The Morgan fingerprint density at radius 2 is 1.86 bits per heavy atom. The van der Waals surface area contributed by atoms with E-state index in [9.17, 15) is 14.7 Å². The number of carbonyl (C=O) groups is 2. The lowest BCUT2D eigenvalue weighted by Gasteiger charge is -2.24. The maximum Gasteiger partial charge on any atom is 0.346 e. The zero-order chi connectivity index (χ0) is 20.5. The number of hydrogen-bond acceptors (Lipinski definition) is 4. The Labute approximate surface area is 173 Å². The highest BCUT2D eigenvalue weighted by Gasteiger charge is 2.34. The predicted molar refractivity (Wildman–Crippen MR) is 114 cm³/mol. The first-order valence-corrected chi connectivity index (χ1v) is 10.3. The number of ether oxygens (including phenoxy) is 1. The van der Waals surface area contributed by atoms with Crippen LogP contribution >= 0.6 is 11.3 Å². The van der Waals surface area contributed by atoms with Crippen LogP contribution in [0.2, 0.25) is 0 Å². The van der Waals surface area contributed by atoms with E-state index < -0.39 is 5.97 Å². The molecule has 0 aliphatic carbocycles. The van der Waals surface area contributed by atoms with Gasteiger partial charge >= 0.3 is 5.97 Å². The number of rotatable bonds is 5. The molecule has 5 nitrogen and oxygen atoms in total. The number of aryl methyl sites for hydroxylation is 1. The Kier molecular flexibility index (Phi) is 5.11. The first-order valence-electron chi connectivity index (χ1n) is 9.45. The third-order valence-corrected chi connectivity index (χ3v) is 6.56. The molecule has 29 heavy (non-hydrogen) atoms. The Hall–Kier alpha value is -3.12. The van der Waals surface area contributed by atoms with Crippen LogP contribution in [0.5, 0.6) is 5.75 Å². The summed E-state index contributed by atoms with van der Waals surface area (Å²) in [5.74, 6) is -0.566. The number of methoxy groups -OCH3 is 1. The monoisotopic (exact) mass is 407 g/mol. The Balaban J connectivity index is 1.87. The predicted octanol–water partition coefficient (Wildman–Crippen LogP) is 5.16. The van der Waals surface area contributed by atoms with Crippen LogP contribution in [0.4, 0.5) is 5.69 Å². The van der Waals surface area contributed by atoms with Crippen LogP contribution in [0.15, 0.2) is 48.5 Å². The molecule has 2 aromatic carbocycles. The molecule has 0 saturated carbocycles. The van der Waals surface area contributed by atoms with E-state index in [1.807, 2.05) is 24.3 Å². The van der Waals surface area contributed by atoms with Gasteiger partial charge in [0.15, 0.2) is 0 Å². The summed E-state index contributed by atoms with van der Waals surface area (Å²) in [7, 11) is 1.58. The van der Waals surface area contributed by atoms with E-state index in [0.717, 1.165) is 22.4 Å². The van der Waals surface area contributed by atoms with Gasteiger partial charge in [0.1, 0.15) is 10.6 Å². The SMILES string of the molecule is CCc1ccc([C@@H]2CC(=O)Nc3c2sc(C(=O)O)c3-c2ccc(OC)cc2)cc1. The van der Waals surface area contributed by atoms with Gasteiger partial charge in [0.2, 0.25) is 5.91 Å². The third-order valence-electron chi connectivity index (χ3n) is 5.27. The number of carbonyl (C=O) groups excluding carboxylic acids is 1. The number of amides is 1. The maximum atomic E-state index is 12.5.